The minimum Gasteiger partial charge on any atom is -0.510 e. The number of likely N-dealkylation sites (tertiary alicyclic amines) is 1. The van der Waals surface area contributed by atoms with Crippen LogP contribution in [0, 0.1) is 23.7 Å². The van der Waals surface area contributed by atoms with E-state index >= 15 is 0 Å². The quantitative estimate of drug-likeness (QED) is 0.129. The number of phenols is 1. The minimum atomic E-state index is -1.36. The van der Waals surface area contributed by atoms with E-state index in [-0.39, 0.29) is 48.9 Å². The number of fused-ring (bicyclic) bond motifs is 6. The Morgan fingerprint density at radius 3 is 2.55 bits per heavy atom. The third kappa shape index (κ3) is 4.17. The van der Waals surface area contributed by atoms with Gasteiger partial charge in [-0.25, -0.2) is 0 Å². The summed E-state index contributed by atoms with van der Waals surface area (Å²) < 4.78 is 5.94. The molecule has 13 heteroatoms. The van der Waals surface area contributed by atoms with Crippen LogP contribution >= 0.6 is 0 Å². The average molecular weight is 587 g/mol. The fourth-order valence-corrected chi connectivity index (χ4v) is 7.88. The number of nitrogens with two attached hydrogens (primary N) is 1. The van der Waals surface area contributed by atoms with E-state index in [1.807, 2.05) is 7.05 Å². The molecule has 2 aliphatic heterocycles. The summed E-state index contributed by atoms with van der Waals surface area (Å²) in [5, 5.41) is 56.6. The predicted molar refractivity (Wildman–Crippen MR) is 151 cm³/mol. The fraction of sp³-hybridized carbons (Fsp3) is 0.552. The first-order valence-corrected chi connectivity index (χ1v) is 14.1. The van der Waals surface area contributed by atoms with Crippen LogP contribution in [0.1, 0.15) is 35.6 Å². The number of nitrogens with one attached hydrogen (secondary N) is 2. The van der Waals surface area contributed by atoms with E-state index in [4.69, 9.17) is 15.6 Å². The lowest BCUT2D eigenvalue weighted by atomic mass is 9.59. The van der Waals surface area contributed by atoms with E-state index in [0.29, 0.717) is 29.5 Å². The van der Waals surface area contributed by atoms with Crippen molar-refractivity contribution in [2.45, 2.75) is 31.3 Å². The number of ketones is 2. The zero-order chi connectivity index (χ0) is 30.6. The molecule has 5 aliphatic rings. The molecule has 9 N–H and O–H groups in total. The number of nitrogens with zero attached hydrogens (tertiary/aromatic N) is 1. The highest BCUT2D eigenvalue weighted by Gasteiger charge is 2.56. The molecular formula is C29H38N4O9. The number of hydrogen-bond acceptors (Lipinski definition) is 12. The highest BCUT2D eigenvalue weighted by atomic mass is 16.5. The molecule has 6 rings (SSSR count). The number of aliphatic hydroxyl groups is 4. The highest BCUT2D eigenvalue weighted by Crippen LogP contribution is 2.58. The number of phenolic OH excluding ortho intramolecular Hbond substituents is 1. The number of anilines is 1. The van der Waals surface area contributed by atoms with E-state index in [1.165, 1.54) is 0 Å². The van der Waals surface area contributed by atoms with Crippen molar-refractivity contribution >= 4 is 28.9 Å². The summed E-state index contributed by atoms with van der Waals surface area (Å²) in [6.07, 6.45) is 1.46. The second-order valence-electron chi connectivity index (χ2n) is 11.4. The molecule has 42 heavy (non-hydrogen) atoms. The van der Waals surface area contributed by atoms with Crippen molar-refractivity contribution < 1.29 is 44.7 Å². The molecule has 6 atom stereocenters. The standard InChI is InChI=1S/C28H34N4O8.CH4O/c1-32-5-3-10-9-31-20-17(21(10)32)27(40-2)13-8-11-7-12-15(22(34)14(11)23(35)16(13)25(20)37)24(36)18(28(29)39)26(38)19(12)30-4-6-33;1-2/h10-12,15,19,21,30-31,33,35,37-38H,3-9H2,1-2H3,(H2,29,39);2H,1H3/t10?,11-,12-,15?,19+,21?;/m1./s1. The Labute approximate surface area is 242 Å². The third-order valence-electron chi connectivity index (χ3n) is 9.49. The van der Waals surface area contributed by atoms with Crippen molar-refractivity contribution in [1.82, 2.24) is 10.2 Å². The van der Waals surface area contributed by atoms with Crippen molar-refractivity contribution in [3.8, 4) is 11.5 Å². The van der Waals surface area contributed by atoms with Crippen molar-refractivity contribution in [2.24, 2.45) is 29.4 Å². The van der Waals surface area contributed by atoms with Crippen LogP contribution in [0.15, 0.2) is 16.9 Å². The summed E-state index contributed by atoms with van der Waals surface area (Å²) in [6.45, 7) is 1.31. The summed E-state index contributed by atoms with van der Waals surface area (Å²) in [4.78, 5) is 41.7. The summed E-state index contributed by atoms with van der Waals surface area (Å²) in [5.41, 5.74) is 6.74. The molecule has 2 fully saturated rings. The molecule has 1 aromatic rings. The zero-order valence-corrected chi connectivity index (χ0v) is 23.8. The van der Waals surface area contributed by atoms with Gasteiger partial charge in [-0.15, -0.1) is 0 Å². The number of amides is 1. The van der Waals surface area contributed by atoms with E-state index in [2.05, 4.69) is 15.5 Å². The van der Waals surface area contributed by atoms with Crippen LogP contribution in [0.5, 0.6) is 11.5 Å². The van der Waals surface area contributed by atoms with Crippen molar-refractivity contribution in [3.63, 3.8) is 0 Å². The second-order valence-corrected chi connectivity index (χ2v) is 11.4. The summed E-state index contributed by atoms with van der Waals surface area (Å²) in [7, 11) is 4.58. The molecule has 1 aromatic carbocycles. The van der Waals surface area contributed by atoms with Crippen LogP contribution in [0.25, 0.3) is 5.76 Å². The van der Waals surface area contributed by atoms with Crippen molar-refractivity contribution in [1.29, 1.82) is 0 Å². The molecule has 0 spiro atoms. The molecule has 1 saturated heterocycles. The number of aliphatic hydroxyl groups excluding tert-OH is 4. The maximum atomic E-state index is 14.0. The maximum absolute atomic E-state index is 14.0. The van der Waals surface area contributed by atoms with Gasteiger partial charge in [0.25, 0.3) is 5.91 Å². The Hall–Kier alpha value is -3.65. The molecule has 0 bridgehead atoms. The van der Waals surface area contributed by atoms with Crippen LogP contribution in [0.3, 0.4) is 0 Å². The Morgan fingerprint density at radius 2 is 1.90 bits per heavy atom. The molecule has 228 valence electrons. The van der Waals surface area contributed by atoms with Crippen molar-refractivity contribution in [2.75, 3.05) is 52.8 Å². The first-order chi connectivity index (χ1) is 20.1. The van der Waals surface area contributed by atoms with Crippen LogP contribution in [-0.2, 0) is 20.8 Å². The molecule has 1 saturated carbocycles. The molecule has 2 heterocycles. The van der Waals surface area contributed by atoms with Crippen LogP contribution in [0.4, 0.5) is 5.69 Å². The molecule has 0 radical (unpaired) electrons. The number of carbonyl (C=O) groups is 3. The summed E-state index contributed by atoms with van der Waals surface area (Å²) >= 11 is 0. The number of ether oxygens (including phenoxy) is 1. The normalized spacial score (nSPS) is 29.8. The SMILES string of the molecule is CO.COc1c2c(c(O)c3c1C1C(CCN1C)CN3)C(O)=C1C(=O)C3C(=O)C(C(N)=O)=C(O)[C@@H](NCCO)[C@@H]3C[C@@H]1C2. The van der Waals surface area contributed by atoms with Gasteiger partial charge in [0, 0.05) is 42.9 Å². The second kappa shape index (κ2) is 11.2. The van der Waals surface area contributed by atoms with Crippen molar-refractivity contribution in [3.05, 3.63) is 33.6 Å². The topological polar surface area (TPSA) is 215 Å². The van der Waals surface area contributed by atoms with E-state index in [0.717, 1.165) is 25.6 Å². The molecule has 1 amide bonds. The Kier molecular flexibility index (Phi) is 7.96. The zero-order valence-electron chi connectivity index (χ0n) is 23.8. The van der Waals surface area contributed by atoms with Gasteiger partial charge in [-0.3, -0.25) is 19.3 Å². The number of aromatic hydroxyl groups is 1. The highest BCUT2D eigenvalue weighted by molar-refractivity contribution is 6.28. The van der Waals surface area contributed by atoms with Gasteiger partial charge >= 0.3 is 0 Å². The Morgan fingerprint density at radius 1 is 1.19 bits per heavy atom. The summed E-state index contributed by atoms with van der Waals surface area (Å²) in [5.74, 6) is -5.63. The van der Waals surface area contributed by atoms with Gasteiger partial charge < -0.3 is 46.6 Å². The lowest BCUT2D eigenvalue weighted by Crippen LogP contribution is -2.56. The third-order valence-corrected chi connectivity index (χ3v) is 9.49. The number of Topliss-reactive ketones (excluding diaryl/α,β-unsaturated/α-hetero) is 2. The van der Waals surface area contributed by atoms with E-state index < -0.39 is 58.4 Å². The predicted octanol–water partition coefficient (Wildman–Crippen LogP) is -0.0952. The fourth-order valence-electron chi connectivity index (χ4n) is 7.88. The number of carbonyl (C=O) groups excluding carboxylic acids is 3. The molecule has 0 aromatic heterocycles. The number of rotatable bonds is 5. The number of hydrogen-bond donors (Lipinski definition) is 8. The van der Waals surface area contributed by atoms with E-state index in [9.17, 15) is 34.8 Å². The number of methoxy groups -OCH3 is 1. The van der Waals surface area contributed by atoms with E-state index in [1.54, 1.807) is 7.11 Å². The van der Waals surface area contributed by atoms with Crippen LogP contribution in [-0.4, -0.2) is 101 Å². The molecular weight excluding hydrogens is 548 g/mol. The lowest BCUT2D eigenvalue weighted by molar-refractivity contribution is -0.135. The number of allylic oxidation sites excluding steroid dienone is 1. The minimum absolute atomic E-state index is 0.0113. The first kappa shape index (κ1) is 29.8. The van der Waals surface area contributed by atoms with Gasteiger partial charge in [-0.1, -0.05) is 0 Å². The lowest BCUT2D eigenvalue weighted by Gasteiger charge is -2.45. The van der Waals surface area contributed by atoms with Gasteiger partial charge in [-0.05, 0) is 50.6 Å². The Balaban J connectivity index is 0.00000173. The molecule has 3 unspecified atom stereocenters. The van der Waals surface area contributed by atoms with Gasteiger partial charge in [0.05, 0.1) is 36.9 Å². The monoisotopic (exact) mass is 586 g/mol. The largest absolute Gasteiger partial charge is 0.510 e. The number of benzene rings is 1. The molecule has 13 nitrogen and oxygen atoms in total. The van der Waals surface area contributed by atoms with Gasteiger partial charge in [0.1, 0.15) is 22.8 Å². The van der Waals surface area contributed by atoms with Gasteiger partial charge in [-0.2, -0.15) is 0 Å². The van der Waals surface area contributed by atoms with Crippen LogP contribution in [0.2, 0.25) is 0 Å². The van der Waals surface area contributed by atoms with Gasteiger partial charge in [0.15, 0.2) is 17.3 Å². The summed E-state index contributed by atoms with van der Waals surface area (Å²) in [6, 6.07) is -0.952. The first-order valence-electron chi connectivity index (χ1n) is 14.1. The molecule has 3 aliphatic carbocycles. The van der Waals surface area contributed by atoms with Gasteiger partial charge in [0.2, 0.25) is 0 Å². The average Bonchev–Trinajstić information content (AvgIpc) is 3.34. The van der Waals surface area contributed by atoms with Crippen LogP contribution < -0.4 is 21.1 Å². The smallest absolute Gasteiger partial charge is 0.255 e. The number of primary amides is 1. The maximum Gasteiger partial charge on any atom is 0.255 e. The Bertz CT molecular complexity index is 1400.